The fourth-order valence-electron chi connectivity index (χ4n) is 3.63. The molecule has 0 aliphatic carbocycles. The molecule has 0 spiro atoms. The number of aromatic amines is 1. The zero-order valence-corrected chi connectivity index (χ0v) is 15.9. The molecular weight excluding hydrogens is 369 g/mol. The number of anilines is 1. The van der Waals surface area contributed by atoms with Gasteiger partial charge in [0.15, 0.2) is 0 Å². The Morgan fingerprint density at radius 2 is 1.92 bits per heavy atom. The lowest BCUT2D eigenvalue weighted by atomic mass is 9.92. The molecule has 2 aromatic heterocycles. The van der Waals surface area contributed by atoms with Gasteiger partial charge in [0.25, 0.3) is 0 Å². The molecule has 0 unspecified atom stereocenters. The van der Waals surface area contributed by atoms with Crippen LogP contribution in [-0.4, -0.2) is 33.0 Å². The summed E-state index contributed by atoms with van der Waals surface area (Å²) in [4.78, 5) is 18.7. The Hall–Kier alpha value is -2.11. The highest BCUT2D eigenvalue weighted by atomic mass is 35.5. The average molecular weight is 388 g/mol. The molecule has 1 N–H and O–H groups in total. The van der Waals surface area contributed by atoms with Gasteiger partial charge in [0.1, 0.15) is 17.3 Å². The summed E-state index contributed by atoms with van der Waals surface area (Å²) in [6.07, 6.45) is 5.36. The lowest BCUT2D eigenvalue weighted by Gasteiger charge is -2.33. The number of rotatable bonds is 3. The first-order chi connectivity index (χ1) is 12.6. The van der Waals surface area contributed by atoms with E-state index in [1.54, 1.807) is 6.33 Å². The molecule has 3 aromatic rings. The zero-order valence-electron chi connectivity index (χ0n) is 14.4. The third kappa shape index (κ3) is 3.29. The minimum atomic E-state index is 0.447. The molecule has 3 heterocycles. The summed E-state index contributed by atoms with van der Waals surface area (Å²) in [6.45, 7) is 3.88. The minimum Gasteiger partial charge on any atom is -0.356 e. The third-order valence-electron chi connectivity index (χ3n) is 4.94. The Balaban J connectivity index is 1.61. The second-order valence-corrected chi connectivity index (χ2v) is 7.34. The molecule has 1 aliphatic heterocycles. The molecule has 0 atom stereocenters. The summed E-state index contributed by atoms with van der Waals surface area (Å²) >= 11 is 12.6. The summed E-state index contributed by atoms with van der Waals surface area (Å²) < 4.78 is 0. The van der Waals surface area contributed by atoms with Gasteiger partial charge < -0.3 is 9.88 Å². The number of nitrogens with one attached hydrogen (secondary N) is 1. The van der Waals surface area contributed by atoms with E-state index in [1.807, 2.05) is 24.3 Å². The molecule has 0 amide bonds. The molecule has 0 saturated carbocycles. The SMILES string of the molecule is Cc1[nH]cnc1C1CCN(c2ncnc(Cl)c2-c2cccc(Cl)c2)CC1. The van der Waals surface area contributed by atoms with Crippen molar-refractivity contribution in [3.8, 4) is 11.1 Å². The number of hydrogen-bond donors (Lipinski definition) is 1. The number of halogens is 2. The molecule has 134 valence electrons. The van der Waals surface area contributed by atoms with Crippen molar-refractivity contribution < 1.29 is 0 Å². The minimum absolute atomic E-state index is 0.447. The Labute approximate surface area is 162 Å². The number of aromatic nitrogens is 4. The summed E-state index contributed by atoms with van der Waals surface area (Å²) in [5.74, 6) is 1.34. The maximum absolute atomic E-state index is 6.43. The predicted octanol–water partition coefficient (Wildman–Crippen LogP) is 4.87. The zero-order chi connectivity index (χ0) is 18.1. The van der Waals surface area contributed by atoms with Crippen LogP contribution in [0.3, 0.4) is 0 Å². The molecule has 4 rings (SSSR count). The number of aryl methyl sites for hydroxylation is 1. The van der Waals surface area contributed by atoms with Gasteiger partial charge in [-0.2, -0.15) is 0 Å². The van der Waals surface area contributed by atoms with E-state index < -0.39 is 0 Å². The van der Waals surface area contributed by atoms with Gasteiger partial charge >= 0.3 is 0 Å². The lowest BCUT2D eigenvalue weighted by molar-refractivity contribution is 0.493. The van der Waals surface area contributed by atoms with Crippen molar-refractivity contribution >= 4 is 29.0 Å². The Morgan fingerprint density at radius 1 is 1.12 bits per heavy atom. The van der Waals surface area contributed by atoms with Crippen molar-refractivity contribution in [3.63, 3.8) is 0 Å². The molecular formula is C19H19Cl2N5. The number of benzene rings is 1. The van der Waals surface area contributed by atoms with Crippen LogP contribution in [-0.2, 0) is 0 Å². The fourth-order valence-corrected chi connectivity index (χ4v) is 4.06. The largest absolute Gasteiger partial charge is 0.356 e. The van der Waals surface area contributed by atoms with Gasteiger partial charge in [-0.15, -0.1) is 0 Å². The predicted molar refractivity (Wildman–Crippen MR) is 105 cm³/mol. The third-order valence-corrected chi connectivity index (χ3v) is 5.47. The summed E-state index contributed by atoms with van der Waals surface area (Å²) in [5.41, 5.74) is 4.11. The van der Waals surface area contributed by atoms with Crippen molar-refractivity contribution in [2.45, 2.75) is 25.7 Å². The molecule has 1 aliphatic rings. The first kappa shape index (κ1) is 17.3. The van der Waals surface area contributed by atoms with Crippen LogP contribution in [0.25, 0.3) is 11.1 Å². The second kappa shape index (κ2) is 7.25. The average Bonchev–Trinajstić information content (AvgIpc) is 3.07. The Kier molecular flexibility index (Phi) is 4.83. The van der Waals surface area contributed by atoms with Crippen molar-refractivity contribution in [1.82, 2.24) is 19.9 Å². The number of H-pyrrole nitrogens is 1. The highest BCUT2D eigenvalue weighted by Gasteiger charge is 2.26. The van der Waals surface area contributed by atoms with E-state index >= 15 is 0 Å². The van der Waals surface area contributed by atoms with E-state index in [-0.39, 0.29) is 0 Å². The van der Waals surface area contributed by atoms with Crippen LogP contribution in [0.5, 0.6) is 0 Å². The number of imidazole rings is 1. The van der Waals surface area contributed by atoms with Gasteiger partial charge in [-0.1, -0.05) is 35.3 Å². The first-order valence-corrected chi connectivity index (χ1v) is 9.40. The van der Waals surface area contributed by atoms with Crippen LogP contribution in [0.1, 0.15) is 30.1 Å². The molecule has 0 bridgehead atoms. The number of hydrogen-bond acceptors (Lipinski definition) is 4. The summed E-state index contributed by atoms with van der Waals surface area (Å²) in [6, 6.07) is 7.65. The van der Waals surface area contributed by atoms with Crippen LogP contribution in [0, 0.1) is 6.92 Å². The van der Waals surface area contributed by atoms with Crippen molar-refractivity contribution in [3.05, 3.63) is 58.5 Å². The van der Waals surface area contributed by atoms with Crippen LogP contribution in [0.4, 0.5) is 5.82 Å². The van der Waals surface area contributed by atoms with Gasteiger partial charge in [-0.3, -0.25) is 0 Å². The van der Waals surface area contributed by atoms with Crippen LogP contribution in [0.2, 0.25) is 10.2 Å². The van der Waals surface area contributed by atoms with Crippen LogP contribution < -0.4 is 4.90 Å². The van der Waals surface area contributed by atoms with Gasteiger partial charge in [0.2, 0.25) is 0 Å². The molecule has 1 saturated heterocycles. The van der Waals surface area contributed by atoms with E-state index in [4.69, 9.17) is 23.2 Å². The van der Waals surface area contributed by atoms with Gasteiger partial charge in [0.05, 0.1) is 17.6 Å². The van der Waals surface area contributed by atoms with E-state index in [9.17, 15) is 0 Å². The molecule has 26 heavy (non-hydrogen) atoms. The van der Waals surface area contributed by atoms with Gasteiger partial charge in [-0.05, 0) is 37.5 Å². The van der Waals surface area contributed by atoms with Gasteiger partial charge in [0, 0.05) is 29.7 Å². The van der Waals surface area contributed by atoms with Crippen molar-refractivity contribution in [2.24, 2.45) is 0 Å². The van der Waals surface area contributed by atoms with E-state index in [0.717, 1.165) is 48.6 Å². The van der Waals surface area contributed by atoms with Crippen LogP contribution >= 0.6 is 23.2 Å². The van der Waals surface area contributed by atoms with Crippen molar-refractivity contribution in [2.75, 3.05) is 18.0 Å². The highest BCUT2D eigenvalue weighted by Crippen LogP contribution is 2.38. The topological polar surface area (TPSA) is 57.7 Å². The fraction of sp³-hybridized carbons (Fsp3) is 0.316. The van der Waals surface area contributed by atoms with E-state index in [2.05, 4.69) is 31.8 Å². The van der Waals surface area contributed by atoms with Gasteiger partial charge in [-0.25, -0.2) is 15.0 Å². The first-order valence-electron chi connectivity index (χ1n) is 8.64. The van der Waals surface area contributed by atoms with E-state index in [1.165, 1.54) is 12.0 Å². The van der Waals surface area contributed by atoms with Crippen LogP contribution in [0.15, 0.2) is 36.9 Å². The smallest absolute Gasteiger partial charge is 0.142 e. The normalized spacial score (nSPS) is 15.4. The Morgan fingerprint density at radius 3 is 2.62 bits per heavy atom. The standard InChI is InChI=1S/C19H19Cl2N5/c1-12-17(23-10-22-12)13-5-7-26(8-6-13)19-16(18(21)24-11-25-19)14-3-2-4-15(20)9-14/h2-4,9-11,13H,5-8H2,1H3,(H,22,23). The van der Waals surface area contributed by atoms with E-state index in [0.29, 0.717) is 16.1 Å². The number of nitrogens with zero attached hydrogens (tertiary/aromatic N) is 4. The molecule has 0 radical (unpaired) electrons. The second-order valence-electron chi connectivity index (χ2n) is 6.55. The maximum atomic E-state index is 6.43. The Bertz CT molecular complexity index is 916. The lowest BCUT2D eigenvalue weighted by Crippen LogP contribution is -2.34. The molecule has 5 nitrogen and oxygen atoms in total. The number of piperidine rings is 1. The maximum Gasteiger partial charge on any atom is 0.142 e. The quantitative estimate of drug-likeness (QED) is 0.651. The molecule has 7 heteroatoms. The summed E-state index contributed by atoms with van der Waals surface area (Å²) in [7, 11) is 0. The summed E-state index contributed by atoms with van der Waals surface area (Å²) in [5, 5.41) is 1.11. The van der Waals surface area contributed by atoms with Crippen molar-refractivity contribution in [1.29, 1.82) is 0 Å². The molecule has 1 aromatic carbocycles. The monoisotopic (exact) mass is 387 g/mol. The highest BCUT2D eigenvalue weighted by molar-refractivity contribution is 6.33. The molecule has 1 fully saturated rings.